The number of carbonyl (C=O) groups is 3. The number of fused-ring (bicyclic) bond motifs is 3. The predicted molar refractivity (Wildman–Crippen MR) is 244 cm³/mol. The topological polar surface area (TPSA) is 184 Å². The maximum Gasteiger partial charge on any atom is 0.315 e. The van der Waals surface area contributed by atoms with Crippen LogP contribution in [0.2, 0.25) is 5.02 Å². The summed E-state index contributed by atoms with van der Waals surface area (Å²) in [6, 6.07) is 5.76. The van der Waals surface area contributed by atoms with E-state index in [2.05, 4.69) is 21.3 Å². The van der Waals surface area contributed by atoms with Crippen molar-refractivity contribution in [3.05, 3.63) is 64.0 Å². The van der Waals surface area contributed by atoms with E-state index >= 15 is 0 Å². The van der Waals surface area contributed by atoms with E-state index in [1.165, 1.54) is 29.4 Å². The molecule has 0 radical (unpaired) electrons. The highest BCUT2D eigenvalue weighted by Crippen LogP contribution is 2.71. The monoisotopic (exact) mass is 943 g/mol. The molecule has 64 heavy (non-hydrogen) atoms. The Bertz CT molecular complexity index is 2430. The molecule has 346 valence electrons. The quantitative estimate of drug-likeness (QED) is 0.0962. The van der Waals surface area contributed by atoms with Gasteiger partial charge in [-0.2, -0.15) is 0 Å². The van der Waals surface area contributed by atoms with Gasteiger partial charge in [-0.1, -0.05) is 49.8 Å². The summed E-state index contributed by atoms with van der Waals surface area (Å²) in [6.07, 6.45) is 2.96. The van der Waals surface area contributed by atoms with Crippen molar-refractivity contribution in [1.29, 1.82) is 0 Å². The summed E-state index contributed by atoms with van der Waals surface area (Å²) in [5.74, 6) is -2.85. The lowest BCUT2D eigenvalue weighted by atomic mass is 10.0. The maximum atomic E-state index is 15.0. The van der Waals surface area contributed by atoms with E-state index in [-0.39, 0.29) is 30.5 Å². The normalized spacial score (nSPS) is 24.1. The Labute approximate surface area is 381 Å². The largest absolute Gasteiger partial charge is 0.495 e. The molecule has 2 aromatic heterocycles. The molecule has 19 heteroatoms. The molecule has 14 nitrogen and oxygen atoms in total. The molecule has 4 amide bonds. The van der Waals surface area contributed by atoms with E-state index < -0.39 is 83.5 Å². The van der Waals surface area contributed by atoms with E-state index in [1.807, 2.05) is 40.0 Å². The Kier molecular flexibility index (Phi) is 14.1. The SMILES string of the molecule is COc1ccc2c(O[C@@H]3C[C@H]4C(=O)N[C@]5(P(=O)(O)Cc6c(F)cccc6F)C[C@@H]5CCCCCCC[C@H](NC(=O)NC(C)(C)C)C(=O)N4C3)cc(-c3csc(NC(C)C)n3)nc2c1Cl. The number of methoxy groups -OCH3 is 1. The van der Waals surface area contributed by atoms with E-state index in [0.717, 1.165) is 31.4 Å². The van der Waals surface area contributed by atoms with Crippen molar-refractivity contribution in [3.8, 4) is 22.9 Å². The number of anilines is 1. The lowest BCUT2D eigenvalue weighted by molar-refractivity contribution is -0.140. The molecule has 4 heterocycles. The average Bonchev–Trinajstić information content (AvgIpc) is 3.49. The van der Waals surface area contributed by atoms with Gasteiger partial charge >= 0.3 is 6.03 Å². The lowest BCUT2D eigenvalue weighted by Crippen LogP contribution is -2.57. The van der Waals surface area contributed by atoms with Crippen LogP contribution in [-0.2, 0) is 20.3 Å². The van der Waals surface area contributed by atoms with Crippen LogP contribution in [0, 0.1) is 17.6 Å². The molecule has 4 aromatic rings. The highest BCUT2D eigenvalue weighted by atomic mass is 35.5. The highest BCUT2D eigenvalue weighted by molar-refractivity contribution is 7.59. The number of thiazole rings is 1. The van der Waals surface area contributed by atoms with E-state index in [4.69, 9.17) is 31.0 Å². The number of halogens is 3. The number of pyridine rings is 1. The summed E-state index contributed by atoms with van der Waals surface area (Å²) < 4.78 is 56.7. The van der Waals surface area contributed by atoms with Gasteiger partial charge in [0.15, 0.2) is 5.13 Å². The van der Waals surface area contributed by atoms with Gasteiger partial charge < -0.3 is 40.5 Å². The number of hydrogen-bond acceptors (Lipinski definition) is 10. The van der Waals surface area contributed by atoms with Crippen LogP contribution in [0.15, 0.2) is 41.8 Å². The van der Waals surface area contributed by atoms with Crippen molar-refractivity contribution in [3.63, 3.8) is 0 Å². The van der Waals surface area contributed by atoms with Crippen LogP contribution in [-0.4, -0.2) is 86.3 Å². The fourth-order valence-electron chi connectivity index (χ4n) is 8.78. The van der Waals surface area contributed by atoms with Gasteiger partial charge in [0, 0.05) is 40.4 Å². The summed E-state index contributed by atoms with van der Waals surface area (Å²) in [4.78, 5) is 65.8. The number of hydrogen-bond donors (Lipinski definition) is 5. The van der Waals surface area contributed by atoms with E-state index in [0.29, 0.717) is 64.6 Å². The van der Waals surface area contributed by atoms with Crippen LogP contribution >= 0.6 is 30.3 Å². The van der Waals surface area contributed by atoms with Crippen LogP contribution in [0.3, 0.4) is 0 Å². The maximum absolute atomic E-state index is 15.0. The lowest BCUT2D eigenvalue weighted by Gasteiger charge is -2.32. The highest BCUT2D eigenvalue weighted by Gasteiger charge is 2.66. The summed E-state index contributed by atoms with van der Waals surface area (Å²) in [5.41, 5.74) is 0.252. The van der Waals surface area contributed by atoms with Crippen LogP contribution in [0.4, 0.5) is 18.7 Å². The molecule has 1 saturated carbocycles. The fourth-order valence-corrected chi connectivity index (χ4v) is 12.4. The van der Waals surface area contributed by atoms with Crippen molar-refractivity contribution in [2.75, 3.05) is 19.0 Å². The number of aromatic nitrogens is 2. The molecule has 6 atom stereocenters. The zero-order valence-electron chi connectivity index (χ0n) is 36.9. The Morgan fingerprint density at radius 2 is 1.77 bits per heavy atom. The molecule has 0 spiro atoms. The van der Waals surface area contributed by atoms with Gasteiger partial charge in [-0.15, -0.1) is 11.3 Å². The molecule has 2 aliphatic heterocycles. The molecule has 1 unspecified atom stereocenters. The third kappa shape index (κ3) is 10.4. The van der Waals surface area contributed by atoms with Crippen molar-refractivity contribution in [2.24, 2.45) is 5.92 Å². The summed E-state index contributed by atoms with van der Waals surface area (Å²) in [7, 11) is -3.06. The second kappa shape index (κ2) is 19.1. The van der Waals surface area contributed by atoms with Crippen molar-refractivity contribution < 1.29 is 42.1 Å². The molecular formula is C45H57ClF2N7O7PS. The Hall–Kier alpha value is -4.57. The number of ether oxygens (including phenoxy) is 2. The fraction of sp³-hybridized carbons (Fsp3) is 0.533. The number of nitrogens with one attached hydrogen (secondary N) is 4. The first-order valence-corrected chi connectivity index (χ1v) is 24.9. The van der Waals surface area contributed by atoms with Gasteiger partial charge in [0.25, 0.3) is 0 Å². The zero-order valence-corrected chi connectivity index (χ0v) is 39.4. The van der Waals surface area contributed by atoms with Gasteiger partial charge in [-0.05, 0) is 84.1 Å². The van der Waals surface area contributed by atoms with Crippen LogP contribution in [0.5, 0.6) is 11.5 Å². The minimum Gasteiger partial charge on any atom is -0.495 e. The van der Waals surface area contributed by atoms with Gasteiger partial charge in [-0.25, -0.2) is 23.5 Å². The summed E-state index contributed by atoms with van der Waals surface area (Å²) in [5, 5.41) is 13.6. The van der Waals surface area contributed by atoms with E-state index in [9.17, 15) is 32.6 Å². The third-order valence-corrected chi connectivity index (χ3v) is 15.8. The third-order valence-electron chi connectivity index (χ3n) is 12.0. The number of nitrogens with zero attached hydrogens (tertiary/aromatic N) is 3. The van der Waals surface area contributed by atoms with Crippen molar-refractivity contribution in [2.45, 2.75) is 134 Å². The van der Waals surface area contributed by atoms with Gasteiger partial charge in [0.05, 0.1) is 31.0 Å². The number of benzene rings is 2. The predicted octanol–water partition coefficient (Wildman–Crippen LogP) is 8.98. The van der Waals surface area contributed by atoms with Crippen LogP contribution < -0.4 is 30.7 Å². The molecule has 3 fully saturated rings. The molecule has 3 aliphatic rings. The Morgan fingerprint density at radius 1 is 1.06 bits per heavy atom. The molecule has 0 bridgehead atoms. The van der Waals surface area contributed by atoms with Gasteiger partial charge in [0.1, 0.15) is 57.3 Å². The van der Waals surface area contributed by atoms with Crippen molar-refractivity contribution >= 4 is 64.2 Å². The van der Waals surface area contributed by atoms with Crippen LogP contribution in [0.1, 0.15) is 98.0 Å². The second-order valence-electron chi connectivity index (χ2n) is 18.4. The van der Waals surface area contributed by atoms with Crippen molar-refractivity contribution in [1.82, 2.24) is 30.8 Å². The molecule has 2 aromatic carbocycles. The summed E-state index contributed by atoms with van der Waals surface area (Å²) >= 11 is 8.27. The standard InChI is InChI=1S/C45H57ClF2N7O7PS/c1-25(2)49-43-52-34(24-64-43)33-20-37(28-17-18-36(61-6)38(46)39(28)50-33)62-27-19-35-40(56)53-45(63(59,60)23-29-30(47)14-12-15-31(29)48)21-26(45)13-10-8-7-9-11-16-32(41(57)55(35)22-27)51-42(58)54-44(3,4)5/h12,14-15,17-18,20,24-27,32,35H,7-11,13,16,19,21-23H2,1-6H3,(H,49,52)(H,53,56)(H,59,60)(H2,51,54,58)/t26-,27+,32-,35-,45-/m0/s1. The molecule has 2 saturated heterocycles. The number of urea groups is 1. The molecule has 1 aliphatic carbocycles. The smallest absolute Gasteiger partial charge is 0.315 e. The first kappa shape index (κ1) is 47.4. The first-order valence-electron chi connectivity index (χ1n) is 21.8. The molecular weight excluding hydrogens is 887 g/mol. The number of amides is 4. The van der Waals surface area contributed by atoms with Gasteiger partial charge in [0.2, 0.25) is 19.2 Å². The van der Waals surface area contributed by atoms with Gasteiger partial charge in [-0.3, -0.25) is 14.2 Å². The van der Waals surface area contributed by atoms with E-state index in [1.54, 1.807) is 18.2 Å². The minimum absolute atomic E-state index is 0.0426. The number of carbonyl (C=O) groups excluding carboxylic acids is 3. The molecule has 7 rings (SSSR count). The summed E-state index contributed by atoms with van der Waals surface area (Å²) in [6.45, 7) is 9.38. The van der Waals surface area contributed by atoms with Crippen LogP contribution in [0.25, 0.3) is 22.3 Å². The average molecular weight is 944 g/mol. The first-order chi connectivity index (χ1) is 30.3. The minimum atomic E-state index is -4.56. The second-order valence-corrected chi connectivity index (χ2v) is 22.2. The Balaban J connectivity index is 1.26. The zero-order chi connectivity index (χ0) is 46.1. The molecule has 5 N–H and O–H groups in total. The Morgan fingerprint density at radius 3 is 2.45 bits per heavy atom. The number of rotatable bonds is 10.